The number of anilines is 1. The molecule has 0 amide bonds. The lowest BCUT2D eigenvalue weighted by Crippen LogP contribution is -2.14. The maximum atomic E-state index is 12.8. The molecule has 0 aliphatic carbocycles. The van der Waals surface area contributed by atoms with Crippen LogP contribution in [-0.2, 0) is 13.2 Å². The lowest BCUT2D eigenvalue weighted by Gasteiger charge is -2.11. The van der Waals surface area contributed by atoms with Crippen molar-refractivity contribution < 1.29 is 13.2 Å². The normalized spacial score (nSPS) is 11.7. The lowest BCUT2D eigenvalue weighted by atomic mass is 10.3. The molecule has 0 bridgehead atoms. The molecule has 0 aliphatic rings. The second-order valence-corrected chi connectivity index (χ2v) is 4.13. The van der Waals surface area contributed by atoms with Crippen LogP contribution in [0.25, 0.3) is 11.4 Å². The summed E-state index contributed by atoms with van der Waals surface area (Å²) in [4.78, 5) is 7.02. The van der Waals surface area contributed by atoms with E-state index in [-0.39, 0.29) is 11.5 Å². The average Bonchev–Trinajstić information content (AvgIpc) is 2.81. The Morgan fingerprint density at radius 3 is 2.60 bits per heavy atom. The van der Waals surface area contributed by atoms with E-state index in [0.29, 0.717) is 12.2 Å². The quantitative estimate of drug-likeness (QED) is 0.932. The first kappa shape index (κ1) is 14.2. The third kappa shape index (κ3) is 3.03. The SMILES string of the molecule is CCCNc1cc(-c2cnnn2C)nc(C(F)(F)F)n1. The number of hydrogen-bond donors (Lipinski definition) is 1. The Morgan fingerprint density at radius 1 is 1.30 bits per heavy atom. The highest BCUT2D eigenvalue weighted by Crippen LogP contribution is 2.29. The van der Waals surface area contributed by atoms with Gasteiger partial charge in [-0.1, -0.05) is 12.1 Å². The first-order chi connectivity index (χ1) is 9.41. The van der Waals surface area contributed by atoms with Gasteiger partial charge in [-0.15, -0.1) is 5.10 Å². The molecule has 0 radical (unpaired) electrons. The van der Waals surface area contributed by atoms with Crippen LogP contribution in [0.1, 0.15) is 19.2 Å². The van der Waals surface area contributed by atoms with Gasteiger partial charge < -0.3 is 5.32 Å². The summed E-state index contributed by atoms with van der Waals surface area (Å²) in [7, 11) is 1.58. The molecule has 0 fully saturated rings. The van der Waals surface area contributed by atoms with Gasteiger partial charge in [-0.25, -0.2) is 14.6 Å². The zero-order chi connectivity index (χ0) is 14.8. The molecule has 2 aromatic heterocycles. The van der Waals surface area contributed by atoms with Crippen LogP contribution >= 0.6 is 0 Å². The summed E-state index contributed by atoms with van der Waals surface area (Å²) in [6.45, 7) is 2.43. The number of nitrogens with one attached hydrogen (secondary N) is 1. The first-order valence-electron chi connectivity index (χ1n) is 5.97. The largest absolute Gasteiger partial charge is 0.451 e. The van der Waals surface area contributed by atoms with Gasteiger partial charge >= 0.3 is 6.18 Å². The maximum absolute atomic E-state index is 12.8. The molecule has 0 saturated carbocycles. The molecule has 0 aromatic carbocycles. The van der Waals surface area contributed by atoms with Crippen molar-refractivity contribution in [1.82, 2.24) is 25.0 Å². The minimum absolute atomic E-state index is 0.124. The highest BCUT2D eigenvalue weighted by Gasteiger charge is 2.35. The van der Waals surface area contributed by atoms with Gasteiger partial charge in [0, 0.05) is 19.7 Å². The van der Waals surface area contributed by atoms with E-state index in [1.165, 1.54) is 16.9 Å². The van der Waals surface area contributed by atoms with E-state index in [2.05, 4.69) is 25.6 Å². The van der Waals surface area contributed by atoms with Crippen molar-refractivity contribution in [2.24, 2.45) is 7.05 Å². The fraction of sp³-hybridized carbons (Fsp3) is 0.455. The first-order valence-corrected chi connectivity index (χ1v) is 5.97. The van der Waals surface area contributed by atoms with E-state index in [0.717, 1.165) is 6.42 Å². The molecule has 0 saturated heterocycles. The minimum atomic E-state index is -4.61. The van der Waals surface area contributed by atoms with Gasteiger partial charge in [0.15, 0.2) is 0 Å². The van der Waals surface area contributed by atoms with Crippen molar-refractivity contribution >= 4 is 5.82 Å². The van der Waals surface area contributed by atoms with Crippen LogP contribution in [0.5, 0.6) is 0 Å². The predicted molar refractivity (Wildman–Crippen MR) is 65.8 cm³/mol. The number of hydrogen-bond acceptors (Lipinski definition) is 5. The van der Waals surface area contributed by atoms with Crippen LogP contribution in [0.15, 0.2) is 12.3 Å². The second kappa shape index (κ2) is 5.43. The molecule has 1 N–H and O–H groups in total. The monoisotopic (exact) mass is 286 g/mol. The molecule has 20 heavy (non-hydrogen) atoms. The van der Waals surface area contributed by atoms with Gasteiger partial charge in [-0.05, 0) is 6.42 Å². The molecule has 9 heteroatoms. The second-order valence-electron chi connectivity index (χ2n) is 4.13. The van der Waals surface area contributed by atoms with Gasteiger partial charge in [0.25, 0.3) is 0 Å². The van der Waals surface area contributed by atoms with Gasteiger partial charge in [0.2, 0.25) is 5.82 Å². The Bertz CT molecular complexity index is 592. The van der Waals surface area contributed by atoms with E-state index in [9.17, 15) is 13.2 Å². The van der Waals surface area contributed by atoms with Crippen molar-refractivity contribution in [3.05, 3.63) is 18.1 Å². The van der Waals surface area contributed by atoms with Crippen molar-refractivity contribution in [3.63, 3.8) is 0 Å². The lowest BCUT2D eigenvalue weighted by molar-refractivity contribution is -0.144. The fourth-order valence-electron chi connectivity index (χ4n) is 1.57. The van der Waals surface area contributed by atoms with Gasteiger partial charge in [-0.3, -0.25) is 0 Å². The summed E-state index contributed by atoms with van der Waals surface area (Å²) in [5.41, 5.74) is 0.510. The summed E-state index contributed by atoms with van der Waals surface area (Å²) in [6, 6.07) is 1.45. The highest BCUT2D eigenvalue weighted by molar-refractivity contribution is 5.58. The smallest absolute Gasteiger partial charge is 0.370 e. The molecular weight excluding hydrogens is 273 g/mol. The molecule has 2 heterocycles. The van der Waals surface area contributed by atoms with Crippen LogP contribution in [0.4, 0.5) is 19.0 Å². The Morgan fingerprint density at radius 2 is 2.05 bits per heavy atom. The minimum Gasteiger partial charge on any atom is -0.370 e. The molecule has 0 aliphatic heterocycles. The Hall–Kier alpha value is -2.19. The number of rotatable bonds is 4. The highest BCUT2D eigenvalue weighted by atomic mass is 19.4. The standard InChI is InChI=1S/C11H13F3N6/c1-3-4-15-9-5-7(8-6-16-19-20(8)2)17-10(18-9)11(12,13)14/h5-6H,3-4H2,1-2H3,(H,15,17,18). The van der Waals surface area contributed by atoms with Crippen molar-refractivity contribution in [2.75, 3.05) is 11.9 Å². The van der Waals surface area contributed by atoms with E-state index >= 15 is 0 Å². The molecule has 0 atom stereocenters. The van der Waals surface area contributed by atoms with E-state index in [4.69, 9.17) is 0 Å². The summed E-state index contributed by atoms with van der Waals surface area (Å²) >= 11 is 0. The van der Waals surface area contributed by atoms with Gasteiger partial charge in [0.05, 0.1) is 11.9 Å². The molecule has 6 nitrogen and oxygen atoms in total. The van der Waals surface area contributed by atoms with Gasteiger partial charge in [0.1, 0.15) is 11.5 Å². The van der Waals surface area contributed by atoms with E-state index in [1.807, 2.05) is 6.92 Å². The van der Waals surface area contributed by atoms with Crippen molar-refractivity contribution in [3.8, 4) is 11.4 Å². The average molecular weight is 286 g/mol. The Kier molecular flexibility index (Phi) is 3.86. The zero-order valence-corrected chi connectivity index (χ0v) is 10.9. The predicted octanol–water partition coefficient (Wildman–Crippen LogP) is 2.11. The topological polar surface area (TPSA) is 68.5 Å². The summed E-state index contributed by atoms with van der Waals surface area (Å²) < 4.78 is 39.8. The van der Waals surface area contributed by atoms with Crippen LogP contribution in [-0.4, -0.2) is 31.5 Å². The Labute approximate surface area is 113 Å². The summed E-state index contributed by atoms with van der Waals surface area (Å²) in [6.07, 6.45) is -2.48. The van der Waals surface area contributed by atoms with Crippen LogP contribution in [0.3, 0.4) is 0 Å². The van der Waals surface area contributed by atoms with Crippen molar-refractivity contribution in [2.45, 2.75) is 19.5 Å². The fourth-order valence-corrected chi connectivity index (χ4v) is 1.57. The maximum Gasteiger partial charge on any atom is 0.451 e. The van der Waals surface area contributed by atoms with Crippen LogP contribution < -0.4 is 5.32 Å². The molecule has 0 spiro atoms. The number of alkyl halides is 3. The molecular formula is C11H13F3N6. The van der Waals surface area contributed by atoms with E-state index < -0.39 is 12.0 Å². The molecule has 2 aromatic rings. The van der Waals surface area contributed by atoms with Crippen LogP contribution in [0, 0.1) is 0 Å². The number of nitrogens with zero attached hydrogens (tertiary/aromatic N) is 5. The third-order valence-corrected chi connectivity index (χ3v) is 2.51. The number of aromatic nitrogens is 5. The molecule has 2 rings (SSSR count). The molecule has 0 unspecified atom stereocenters. The Balaban J connectivity index is 2.48. The number of halogens is 3. The van der Waals surface area contributed by atoms with Crippen LogP contribution in [0.2, 0.25) is 0 Å². The number of aryl methyl sites for hydroxylation is 1. The summed E-state index contributed by atoms with van der Waals surface area (Å²) in [5.74, 6) is -1.06. The van der Waals surface area contributed by atoms with E-state index in [1.54, 1.807) is 7.05 Å². The zero-order valence-electron chi connectivity index (χ0n) is 10.9. The molecule has 108 valence electrons. The van der Waals surface area contributed by atoms with Crippen molar-refractivity contribution in [1.29, 1.82) is 0 Å². The van der Waals surface area contributed by atoms with Gasteiger partial charge in [-0.2, -0.15) is 13.2 Å². The summed E-state index contributed by atoms with van der Waals surface area (Å²) in [5, 5.41) is 10.1. The third-order valence-electron chi connectivity index (χ3n) is 2.51.